The first-order chi connectivity index (χ1) is 15.8. The minimum atomic E-state index is -1.10. The van der Waals surface area contributed by atoms with Crippen LogP contribution in [-0.4, -0.2) is 32.9 Å². The molecule has 0 radical (unpaired) electrons. The number of hydrogen-bond acceptors (Lipinski definition) is 5. The average Bonchev–Trinajstić information content (AvgIpc) is 2.96. The summed E-state index contributed by atoms with van der Waals surface area (Å²) in [6.45, 7) is 1.63. The lowest BCUT2D eigenvalue weighted by atomic mass is 9.81. The van der Waals surface area contributed by atoms with Crippen LogP contribution < -0.4 is 5.43 Å². The van der Waals surface area contributed by atoms with Gasteiger partial charge in [0.05, 0.1) is 0 Å². The molecular formula is C24H18F2N2O4S. The Bertz CT molecular complexity index is 1390. The van der Waals surface area contributed by atoms with Crippen LogP contribution in [0, 0.1) is 11.6 Å². The molecule has 2 atom stereocenters. The molecular weight excluding hydrogens is 450 g/mol. The van der Waals surface area contributed by atoms with Crippen LogP contribution in [-0.2, 0) is 10.5 Å². The van der Waals surface area contributed by atoms with Gasteiger partial charge in [-0.3, -0.25) is 19.3 Å². The summed E-state index contributed by atoms with van der Waals surface area (Å²) < 4.78 is 30.3. The van der Waals surface area contributed by atoms with E-state index >= 15 is 0 Å². The summed E-state index contributed by atoms with van der Waals surface area (Å²) in [6, 6.07) is 9.72. The number of thioether (sulfide) groups is 1. The van der Waals surface area contributed by atoms with E-state index in [0.29, 0.717) is 11.1 Å². The van der Waals surface area contributed by atoms with Gasteiger partial charge in [0.15, 0.2) is 23.1 Å². The molecule has 1 aromatic heterocycles. The zero-order valence-corrected chi connectivity index (χ0v) is 18.2. The highest BCUT2D eigenvalue weighted by Crippen LogP contribution is 2.48. The number of likely N-dealkylation sites (N-methyl/N-ethyl adjacent to an activating group) is 1. The van der Waals surface area contributed by atoms with Gasteiger partial charge in [-0.1, -0.05) is 24.3 Å². The van der Waals surface area contributed by atoms with Crippen LogP contribution in [0.5, 0.6) is 5.75 Å². The zero-order chi connectivity index (χ0) is 23.4. The number of hydrogen-bond donors (Lipinski definition) is 1. The highest BCUT2D eigenvalue weighted by Gasteiger charge is 2.46. The topological polar surface area (TPSA) is 79.6 Å². The molecule has 3 aromatic rings. The number of aromatic hydroxyl groups is 1. The third-order valence-electron chi connectivity index (χ3n) is 6.19. The zero-order valence-electron chi connectivity index (χ0n) is 17.4. The molecule has 9 heteroatoms. The lowest BCUT2D eigenvalue weighted by Gasteiger charge is -2.38. The van der Waals surface area contributed by atoms with Crippen LogP contribution in [0.1, 0.15) is 46.1 Å². The number of carbonyl (C=O) groups excluding carboxylic acids is 2. The second kappa shape index (κ2) is 7.84. The maximum atomic E-state index is 14.9. The van der Waals surface area contributed by atoms with E-state index in [0.717, 1.165) is 21.9 Å². The standard InChI is InChI=1S/C24H18F2N2O4S/c1-2-27-23(31)20(28-10-9-16(29)22(30)21(28)24(27)32)18-12-7-8-15(25)19(26)14(12)11-33-17-6-4-3-5-13(17)18/h3-10,18,20,30H,2,11H2,1H3. The van der Waals surface area contributed by atoms with Crippen molar-refractivity contribution in [3.63, 3.8) is 0 Å². The van der Waals surface area contributed by atoms with E-state index in [-0.39, 0.29) is 23.6 Å². The maximum Gasteiger partial charge on any atom is 0.281 e. The number of fused-ring (bicyclic) bond motifs is 3. The molecule has 2 unspecified atom stereocenters. The molecule has 0 aliphatic carbocycles. The molecule has 5 rings (SSSR count). The fourth-order valence-electron chi connectivity index (χ4n) is 4.67. The number of aromatic nitrogens is 1. The molecule has 2 amide bonds. The highest BCUT2D eigenvalue weighted by atomic mass is 32.2. The van der Waals surface area contributed by atoms with Crippen LogP contribution in [0.15, 0.2) is 58.4 Å². The molecule has 0 fully saturated rings. The maximum absolute atomic E-state index is 14.9. The van der Waals surface area contributed by atoms with E-state index in [4.69, 9.17) is 0 Å². The Kier molecular flexibility index (Phi) is 5.08. The van der Waals surface area contributed by atoms with Crippen LogP contribution in [0.3, 0.4) is 0 Å². The lowest BCUT2D eigenvalue weighted by molar-refractivity contribution is -0.133. The fourth-order valence-corrected chi connectivity index (χ4v) is 5.80. The predicted molar refractivity (Wildman–Crippen MR) is 117 cm³/mol. The van der Waals surface area contributed by atoms with Crippen LogP contribution >= 0.6 is 11.8 Å². The molecule has 3 heterocycles. The predicted octanol–water partition coefficient (Wildman–Crippen LogP) is 3.81. The van der Waals surface area contributed by atoms with Crippen LogP contribution in [0.2, 0.25) is 0 Å². The SMILES string of the molecule is CCN1C(=O)c2c(O)c(=O)ccn2C(C2c3ccccc3SCc3c2ccc(F)c3F)C1=O. The first kappa shape index (κ1) is 21.4. The van der Waals surface area contributed by atoms with Gasteiger partial charge in [0.2, 0.25) is 5.43 Å². The molecule has 6 nitrogen and oxygen atoms in total. The minimum Gasteiger partial charge on any atom is -0.503 e. The van der Waals surface area contributed by atoms with Gasteiger partial charge in [-0.15, -0.1) is 11.8 Å². The lowest BCUT2D eigenvalue weighted by Crippen LogP contribution is -2.50. The van der Waals surface area contributed by atoms with Gasteiger partial charge >= 0.3 is 0 Å². The number of carbonyl (C=O) groups is 2. The van der Waals surface area contributed by atoms with Crippen molar-refractivity contribution in [1.29, 1.82) is 0 Å². The number of imide groups is 1. The number of pyridine rings is 1. The number of nitrogens with zero attached hydrogens (tertiary/aromatic N) is 2. The van der Waals surface area contributed by atoms with Gasteiger partial charge in [0, 0.05) is 40.9 Å². The fraction of sp³-hybridized carbons (Fsp3) is 0.208. The van der Waals surface area contributed by atoms with Gasteiger partial charge in [0.1, 0.15) is 6.04 Å². The van der Waals surface area contributed by atoms with Crippen molar-refractivity contribution in [2.75, 3.05) is 6.54 Å². The van der Waals surface area contributed by atoms with E-state index in [2.05, 4.69) is 0 Å². The molecule has 0 bridgehead atoms. The summed E-state index contributed by atoms with van der Waals surface area (Å²) in [4.78, 5) is 40.5. The summed E-state index contributed by atoms with van der Waals surface area (Å²) >= 11 is 1.33. The minimum absolute atomic E-state index is 0.0183. The van der Waals surface area contributed by atoms with E-state index in [1.165, 1.54) is 28.6 Å². The Morgan fingerprint density at radius 3 is 2.58 bits per heavy atom. The summed E-state index contributed by atoms with van der Waals surface area (Å²) in [5, 5.41) is 10.5. The van der Waals surface area contributed by atoms with E-state index in [9.17, 15) is 28.3 Å². The first-order valence-corrected chi connectivity index (χ1v) is 11.3. The molecule has 0 saturated carbocycles. The molecule has 0 saturated heterocycles. The van der Waals surface area contributed by atoms with Gasteiger partial charge in [-0.25, -0.2) is 8.78 Å². The van der Waals surface area contributed by atoms with E-state index in [1.807, 2.05) is 18.2 Å². The Morgan fingerprint density at radius 1 is 1.06 bits per heavy atom. The Morgan fingerprint density at radius 2 is 1.82 bits per heavy atom. The Balaban J connectivity index is 1.86. The van der Waals surface area contributed by atoms with Gasteiger partial charge in [-0.05, 0) is 30.2 Å². The van der Waals surface area contributed by atoms with Crippen molar-refractivity contribution in [1.82, 2.24) is 9.47 Å². The number of amides is 2. The molecule has 0 spiro atoms. The second-order valence-electron chi connectivity index (χ2n) is 7.85. The molecule has 2 aliphatic rings. The van der Waals surface area contributed by atoms with Crippen molar-refractivity contribution in [3.05, 3.63) is 92.9 Å². The molecule has 168 valence electrons. The molecule has 2 aliphatic heterocycles. The normalized spacial score (nSPS) is 19.5. The molecule has 33 heavy (non-hydrogen) atoms. The second-order valence-corrected chi connectivity index (χ2v) is 8.87. The monoisotopic (exact) mass is 468 g/mol. The van der Waals surface area contributed by atoms with Crippen molar-refractivity contribution in [3.8, 4) is 5.75 Å². The Hall–Kier alpha value is -3.46. The third kappa shape index (κ3) is 3.10. The third-order valence-corrected chi connectivity index (χ3v) is 7.31. The van der Waals surface area contributed by atoms with Crippen molar-refractivity contribution >= 4 is 23.6 Å². The van der Waals surface area contributed by atoms with E-state index < -0.39 is 46.6 Å². The Labute approximate surface area is 191 Å². The van der Waals surface area contributed by atoms with Crippen molar-refractivity contribution in [2.45, 2.75) is 29.5 Å². The van der Waals surface area contributed by atoms with Gasteiger partial charge < -0.3 is 9.67 Å². The average molecular weight is 468 g/mol. The molecule has 1 N–H and O–H groups in total. The van der Waals surface area contributed by atoms with Gasteiger partial charge in [0.25, 0.3) is 11.8 Å². The quantitative estimate of drug-likeness (QED) is 0.579. The summed E-state index contributed by atoms with van der Waals surface area (Å²) in [5.41, 5.74) is 0.219. The molecule has 2 aromatic carbocycles. The summed E-state index contributed by atoms with van der Waals surface area (Å²) in [5.74, 6) is -4.69. The van der Waals surface area contributed by atoms with Gasteiger partial charge in [-0.2, -0.15) is 0 Å². The highest BCUT2D eigenvalue weighted by molar-refractivity contribution is 7.98. The smallest absolute Gasteiger partial charge is 0.281 e. The first-order valence-electron chi connectivity index (χ1n) is 10.3. The number of rotatable bonds is 2. The van der Waals surface area contributed by atoms with Crippen LogP contribution in [0.25, 0.3) is 0 Å². The van der Waals surface area contributed by atoms with E-state index in [1.54, 1.807) is 13.0 Å². The number of benzene rings is 2. The van der Waals surface area contributed by atoms with Crippen molar-refractivity contribution < 1.29 is 23.5 Å². The van der Waals surface area contributed by atoms with Crippen molar-refractivity contribution in [2.24, 2.45) is 0 Å². The summed E-state index contributed by atoms with van der Waals surface area (Å²) in [6.07, 6.45) is 1.30. The largest absolute Gasteiger partial charge is 0.503 e. The summed E-state index contributed by atoms with van der Waals surface area (Å²) in [7, 11) is 0. The van der Waals surface area contributed by atoms with Crippen LogP contribution in [0.4, 0.5) is 8.78 Å². The number of halogens is 2.